The number of rotatable bonds is 12. The summed E-state index contributed by atoms with van der Waals surface area (Å²) in [5, 5.41) is 7.02. The minimum atomic E-state index is -1.38. The van der Waals surface area contributed by atoms with Crippen molar-refractivity contribution in [3.63, 3.8) is 0 Å². The van der Waals surface area contributed by atoms with E-state index >= 15 is 0 Å². The van der Waals surface area contributed by atoms with Crippen molar-refractivity contribution in [2.24, 2.45) is 0 Å². The van der Waals surface area contributed by atoms with Crippen LogP contribution in [0.1, 0.15) is 0 Å². The van der Waals surface area contributed by atoms with Gasteiger partial charge in [0, 0.05) is 0 Å². The molecule has 0 atom stereocenters. The summed E-state index contributed by atoms with van der Waals surface area (Å²) >= 11 is -0.106. The molecule has 0 aliphatic carbocycles. The molecular formula is C42H44Cl2O6P2Pd+2. The number of halogens is 2. The van der Waals surface area contributed by atoms with Crippen molar-refractivity contribution < 1.29 is 44.4 Å². The van der Waals surface area contributed by atoms with Crippen molar-refractivity contribution in [3.8, 4) is 34.5 Å². The summed E-state index contributed by atoms with van der Waals surface area (Å²) in [6.07, 6.45) is 0. The predicted molar refractivity (Wildman–Crippen MR) is 224 cm³/mol. The standard InChI is InChI=1S/2C21H21O3P.2ClH.Pd/c2*1-22-16-10-4-7-13-19(16)25(20-14-8-5-11-17(20)23-2)21-15-9-6-12-18(21)24-3;;;/h2*4-15H,1-3H3;2*1H;/q;;;;+2. The van der Waals surface area contributed by atoms with E-state index in [1.54, 1.807) is 42.7 Å². The van der Waals surface area contributed by atoms with Gasteiger partial charge in [0.25, 0.3) is 0 Å². The van der Waals surface area contributed by atoms with Crippen LogP contribution in [0.15, 0.2) is 146 Å². The molecule has 53 heavy (non-hydrogen) atoms. The number of benzene rings is 6. The van der Waals surface area contributed by atoms with Gasteiger partial charge in [0.15, 0.2) is 34.5 Å². The van der Waals surface area contributed by atoms with E-state index in [0.29, 0.717) is 0 Å². The molecule has 0 N–H and O–H groups in total. The van der Waals surface area contributed by atoms with Gasteiger partial charge in [0.05, 0.1) is 42.7 Å². The topological polar surface area (TPSA) is 55.4 Å². The molecule has 6 nitrogen and oxygen atoms in total. The monoisotopic (exact) mass is 882 g/mol. The second-order valence-corrected chi connectivity index (χ2v) is 18.1. The Morgan fingerprint density at radius 1 is 0.302 bits per heavy atom. The summed E-state index contributed by atoms with van der Waals surface area (Å²) in [6.45, 7) is 0. The molecule has 0 fully saturated rings. The van der Waals surface area contributed by atoms with Crippen LogP contribution in [0.5, 0.6) is 34.5 Å². The Labute approximate surface area is 331 Å². The molecule has 0 saturated heterocycles. The van der Waals surface area contributed by atoms with Crippen molar-refractivity contribution in [1.29, 1.82) is 0 Å². The summed E-state index contributed by atoms with van der Waals surface area (Å²) in [5.41, 5.74) is 0. The summed E-state index contributed by atoms with van der Waals surface area (Å²) in [4.78, 5) is 0. The molecule has 0 heterocycles. The molecule has 0 aliphatic heterocycles. The van der Waals surface area contributed by atoms with Crippen molar-refractivity contribution in [1.82, 2.24) is 0 Å². The predicted octanol–water partition coefficient (Wildman–Crippen LogP) is 7.78. The minimum absolute atomic E-state index is 0.106. The summed E-state index contributed by atoms with van der Waals surface area (Å²) < 4.78 is 34.0. The maximum atomic E-state index is 5.66. The van der Waals surface area contributed by atoms with Crippen molar-refractivity contribution in [2.75, 3.05) is 42.7 Å². The van der Waals surface area contributed by atoms with Gasteiger partial charge in [0.2, 0.25) is 0 Å². The first-order valence-corrected chi connectivity index (χ1v) is 23.4. The van der Waals surface area contributed by atoms with E-state index in [9.17, 15) is 0 Å². The Hall–Kier alpha value is -3.78. The first-order valence-electron chi connectivity index (χ1n) is 16.4. The van der Waals surface area contributed by atoms with Gasteiger partial charge >= 0.3 is 35.0 Å². The van der Waals surface area contributed by atoms with Crippen LogP contribution in [0.4, 0.5) is 0 Å². The van der Waals surface area contributed by atoms with Crippen LogP contribution >= 0.6 is 34.9 Å². The van der Waals surface area contributed by atoms with Gasteiger partial charge in [-0.3, -0.25) is 0 Å². The number of para-hydroxylation sites is 6. The zero-order chi connectivity index (χ0) is 38.0. The fraction of sp³-hybridized carbons (Fsp3) is 0.143. The number of methoxy groups -OCH3 is 6. The molecule has 6 aromatic carbocycles. The third kappa shape index (κ3) is 10.7. The van der Waals surface area contributed by atoms with E-state index in [4.69, 9.17) is 47.5 Å². The maximum absolute atomic E-state index is 5.66. The first kappa shape index (κ1) is 42.0. The van der Waals surface area contributed by atoms with Crippen molar-refractivity contribution in [3.05, 3.63) is 146 Å². The van der Waals surface area contributed by atoms with E-state index in [-0.39, 0.29) is 15.9 Å². The molecule has 0 radical (unpaired) electrons. The normalized spacial score (nSPS) is 10.4. The summed E-state index contributed by atoms with van der Waals surface area (Å²) in [6, 6.07) is 49.1. The van der Waals surface area contributed by atoms with Gasteiger partial charge in [0.1, 0.15) is 47.7 Å². The van der Waals surface area contributed by atoms with E-state index in [0.717, 1.165) is 34.5 Å². The average molecular weight is 884 g/mol. The SMILES string of the molecule is COc1ccccc1[PH+](c1ccccc1OC)c1ccccc1OC.COc1ccccc1[PH+](c1ccccc1OC)c1ccccc1OC.[Cl][Pd][Cl]. The molecule has 11 heteroatoms. The fourth-order valence-electron chi connectivity index (χ4n) is 5.98. The summed E-state index contributed by atoms with van der Waals surface area (Å²) in [5.74, 6) is 5.30. The number of hydrogen-bond acceptors (Lipinski definition) is 6. The van der Waals surface area contributed by atoms with Crippen LogP contribution in [0, 0.1) is 0 Å². The average Bonchev–Trinajstić information content (AvgIpc) is 3.22. The van der Waals surface area contributed by atoms with Crippen LogP contribution in [-0.2, 0) is 15.9 Å². The van der Waals surface area contributed by atoms with Gasteiger partial charge in [-0.15, -0.1) is 0 Å². The summed E-state index contributed by atoms with van der Waals surface area (Å²) in [7, 11) is 17.1. The first-order chi connectivity index (χ1) is 26.0. The van der Waals surface area contributed by atoms with E-state index in [1.807, 2.05) is 109 Å². The molecule has 6 rings (SSSR count). The van der Waals surface area contributed by atoms with Crippen LogP contribution in [0.2, 0.25) is 0 Å². The Kier molecular flexibility index (Phi) is 17.8. The molecule has 0 unspecified atom stereocenters. The number of ether oxygens (including phenoxy) is 6. The quantitative estimate of drug-likeness (QED) is 0.0926. The van der Waals surface area contributed by atoms with Crippen LogP contribution < -0.4 is 60.2 Å². The number of hydrogen-bond donors (Lipinski definition) is 0. The van der Waals surface area contributed by atoms with Crippen LogP contribution in [0.25, 0.3) is 0 Å². The Morgan fingerprint density at radius 3 is 0.566 bits per heavy atom. The third-order valence-electron chi connectivity index (χ3n) is 8.26. The zero-order valence-electron chi connectivity index (χ0n) is 30.4. The second-order valence-electron chi connectivity index (χ2n) is 11.0. The Balaban J connectivity index is 0.000000220. The molecular weight excluding hydrogens is 840 g/mol. The Morgan fingerprint density at radius 2 is 0.434 bits per heavy atom. The van der Waals surface area contributed by atoms with Crippen molar-refractivity contribution in [2.45, 2.75) is 0 Å². The molecule has 0 saturated carbocycles. The van der Waals surface area contributed by atoms with Crippen LogP contribution in [-0.4, -0.2) is 42.7 Å². The molecule has 0 aliphatic rings. The molecule has 280 valence electrons. The molecule has 0 aromatic heterocycles. The van der Waals surface area contributed by atoms with Gasteiger partial charge in [-0.25, -0.2) is 0 Å². The third-order valence-corrected chi connectivity index (χ3v) is 14.0. The molecule has 0 bridgehead atoms. The zero-order valence-corrected chi connectivity index (χ0v) is 35.4. The van der Waals surface area contributed by atoms with Gasteiger partial charge in [-0.05, 0) is 72.8 Å². The van der Waals surface area contributed by atoms with Crippen molar-refractivity contribution >= 4 is 66.7 Å². The fourth-order valence-corrected chi connectivity index (χ4v) is 11.9. The van der Waals surface area contributed by atoms with Gasteiger partial charge < -0.3 is 28.4 Å². The molecule has 0 amide bonds. The van der Waals surface area contributed by atoms with E-state index < -0.39 is 15.8 Å². The van der Waals surface area contributed by atoms with E-state index in [2.05, 4.69) is 36.4 Å². The van der Waals surface area contributed by atoms with E-state index in [1.165, 1.54) is 31.8 Å². The molecule has 6 aromatic rings. The second kappa shape index (κ2) is 22.4. The molecule has 0 spiro atoms. The van der Waals surface area contributed by atoms with Gasteiger partial charge in [-0.1, -0.05) is 72.8 Å². The van der Waals surface area contributed by atoms with Gasteiger partial charge in [-0.2, -0.15) is 0 Å². The van der Waals surface area contributed by atoms with Crippen LogP contribution in [0.3, 0.4) is 0 Å². The Bertz CT molecular complexity index is 1650.